The molecule has 3 nitrogen and oxygen atoms in total. The predicted octanol–water partition coefficient (Wildman–Crippen LogP) is 5.71. The van der Waals surface area contributed by atoms with Crippen LogP contribution in [-0.2, 0) is 12.0 Å². The fourth-order valence-electron chi connectivity index (χ4n) is 3.54. The van der Waals surface area contributed by atoms with Crippen molar-refractivity contribution >= 4 is 23.7 Å². The first-order valence-corrected chi connectivity index (χ1v) is 9.56. The van der Waals surface area contributed by atoms with Crippen LogP contribution in [0.25, 0.3) is 12.2 Å². The molecular formula is C25H24N2O. The minimum atomic E-state index is 0.0634. The Labute approximate surface area is 166 Å². The molecule has 3 aromatic rings. The summed E-state index contributed by atoms with van der Waals surface area (Å²) in [7, 11) is 0. The van der Waals surface area contributed by atoms with Gasteiger partial charge in [-0.2, -0.15) is 0 Å². The van der Waals surface area contributed by atoms with Crippen LogP contribution >= 0.6 is 0 Å². The van der Waals surface area contributed by atoms with Crippen LogP contribution in [0.5, 0.6) is 0 Å². The van der Waals surface area contributed by atoms with E-state index in [2.05, 4.69) is 50.0 Å². The number of hydrogen-bond acceptors (Lipinski definition) is 2. The van der Waals surface area contributed by atoms with Crippen LogP contribution in [0.15, 0.2) is 67.0 Å². The lowest BCUT2D eigenvalue weighted by Crippen LogP contribution is -2.23. The normalized spacial score (nSPS) is 14.0. The zero-order valence-electron chi connectivity index (χ0n) is 16.5. The van der Waals surface area contributed by atoms with Gasteiger partial charge in [-0.3, -0.25) is 9.78 Å². The Morgan fingerprint density at radius 1 is 0.929 bits per heavy atom. The number of carbonyl (C=O) groups excluding carboxylic acids is 1. The van der Waals surface area contributed by atoms with Gasteiger partial charge < -0.3 is 4.90 Å². The lowest BCUT2D eigenvalue weighted by Gasteiger charge is -2.21. The minimum Gasteiger partial charge on any atom is -0.304 e. The van der Waals surface area contributed by atoms with Gasteiger partial charge in [0.2, 0.25) is 0 Å². The van der Waals surface area contributed by atoms with Crippen molar-refractivity contribution in [3.63, 3.8) is 0 Å². The second-order valence-corrected chi connectivity index (χ2v) is 8.18. The lowest BCUT2D eigenvalue weighted by molar-refractivity contribution is 0.0996. The van der Waals surface area contributed by atoms with Crippen LogP contribution in [0.2, 0.25) is 0 Å². The van der Waals surface area contributed by atoms with Crippen LogP contribution in [0.4, 0.5) is 5.69 Å². The molecule has 0 unspecified atom stereocenters. The molecule has 1 aliphatic heterocycles. The molecule has 0 N–H and O–H groups in total. The quantitative estimate of drug-likeness (QED) is 0.593. The van der Waals surface area contributed by atoms with Crippen molar-refractivity contribution in [3.8, 4) is 0 Å². The Bertz CT molecular complexity index is 1030. The number of nitrogens with zero attached hydrogens (tertiary/aromatic N) is 2. The molecule has 0 bridgehead atoms. The van der Waals surface area contributed by atoms with Crippen molar-refractivity contribution in [2.75, 3.05) is 4.90 Å². The summed E-state index contributed by atoms with van der Waals surface area (Å²) >= 11 is 0. The van der Waals surface area contributed by atoms with Crippen molar-refractivity contribution in [1.29, 1.82) is 0 Å². The largest absolute Gasteiger partial charge is 0.304 e. The highest BCUT2D eigenvalue weighted by molar-refractivity contribution is 6.12. The first kappa shape index (κ1) is 18.2. The van der Waals surface area contributed by atoms with E-state index >= 15 is 0 Å². The van der Waals surface area contributed by atoms with Gasteiger partial charge in [0, 0.05) is 18.1 Å². The highest BCUT2D eigenvalue weighted by Crippen LogP contribution is 2.32. The van der Waals surface area contributed by atoms with E-state index in [1.165, 1.54) is 5.56 Å². The fourth-order valence-corrected chi connectivity index (χ4v) is 3.54. The SMILES string of the molecule is CC(C)(C)c1ccc(N2Cc3cccc(C=Cc4ccncc4)c3C2=O)cc1. The summed E-state index contributed by atoms with van der Waals surface area (Å²) < 4.78 is 0. The molecule has 3 heteroatoms. The van der Waals surface area contributed by atoms with E-state index in [-0.39, 0.29) is 11.3 Å². The zero-order valence-corrected chi connectivity index (χ0v) is 16.5. The van der Waals surface area contributed by atoms with Crippen molar-refractivity contribution in [3.05, 3.63) is 94.8 Å². The summed E-state index contributed by atoms with van der Waals surface area (Å²) in [5.41, 5.74) is 6.19. The first-order chi connectivity index (χ1) is 13.4. The number of anilines is 1. The Balaban J connectivity index is 1.63. The highest BCUT2D eigenvalue weighted by Gasteiger charge is 2.30. The number of rotatable bonds is 3. The van der Waals surface area contributed by atoms with E-state index in [0.717, 1.165) is 27.9 Å². The Hall–Kier alpha value is -3.20. The van der Waals surface area contributed by atoms with Crippen molar-refractivity contribution in [2.24, 2.45) is 0 Å². The van der Waals surface area contributed by atoms with E-state index < -0.39 is 0 Å². The molecule has 0 radical (unpaired) electrons. The molecule has 0 saturated heterocycles. The van der Waals surface area contributed by atoms with Crippen LogP contribution < -0.4 is 4.90 Å². The molecule has 2 heterocycles. The van der Waals surface area contributed by atoms with Crippen LogP contribution in [-0.4, -0.2) is 10.9 Å². The summed E-state index contributed by atoms with van der Waals surface area (Å²) in [5.74, 6) is 0.0634. The molecule has 2 aromatic carbocycles. The van der Waals surface area contributed by atoms with Crippen LogP contribution in [0, 0.1) is 0 Å². The van der Waals surface area contributed by atoms with Crippen molar-refractivity contribution < 1.29 is 4.79 Å². The third-order valence-corrected chi connectivity index (χ3v) is 5.18. The topological polar surface area (TPSA) is 33.2 Å². The third-order valence-electron chi connectivity index (χ3n) is 5.18. The van der Waals surface area contributed by atoms with E-state index in [1.807, 2.05) is 47.4 Å². The zero-order chi connectivity index (χ0) is 19.7. The third kappa shape index (κ3) is 3.48. The van der Waals surface area contributed by atoms with Gasteiger partial charge in [0.05, 0.1) is 12.1 Å². The standard InChI is InChI=1S/C25H24N2O/c1-25(2,3)21-9-11-22(12-10-21)27-17-20-6-4-5-19(23(20)24(27)28)8-7-18-13-15-26-16-14-18/h4-16H,17H2,1-3H3. The fraction of sp³-hybridized carbons (Fsp3) is 0.200. The average Bonchev–Trinajstić information content (AvgIpc) is 3.04. The highest BCUT2D eigenvalue weighted by atomic mass is 16.2. The maximum absolute atomic E-state index is 13.2. The molecule has 0 aliphatic carbocycles. The molecule has 1 aromatic heterocycles. The number of benzene rings is 2. The molecule has 0 saturated carbocycles. The Morgan fingerprint density at radius 2 is 1.64 bits per heavy atom. The summed E-state index contributed by atoms with van der Waals surface area (Å²) in [6, 6.07) is 18.3. The number of hydrogen-bond donors (Lipinski definition) is 0. The molecule has 28 heavy (non-hydrogen) atoms. The van der Waals surface area contributed by atoms with Crippen molar-refractivity contribution in [1.82, 2.24) is 4.98 Å². The summed E-state index contributed by atoms with van der Waals surface area (Å²) in [5, 5.41) is 0. The van der Waals surface area contributed by atoms with Crippen LogP contribution in [0.3, 0.4) is 0 Å². The molecule has 4 rings (SSSR count). The van der Waals surface area contributed by atoms with E-state index in [1.54, 1.807) is 12.4 Å². The number of aromatic nitrogens is 1. The average molecular weight is 368 g/mol. The molecule has 0 spiro atoms. The van der Waals surface area contributed by atoms with Gasteiger partial charge in [0.25, 0.3) is 5.91 Å². The van der Waals surface area contributed by atoms with E-state index in [4.69, 9.17) is 0 Å². The molecule has 140 valence electrons. The summed E-state index contributed by atoms with van der Waals surface area (Å²) in [4.78, 5) is 19.1. The second kappa shape index (κ2) is 7.08. The van der Waals surface area contributed by atoms with Crippen molar-refractivity contribution in [2.45, 2.75) is 32.7 Å². The van der Waals surface area contributed by atoms with E-state index in [9.17, 15) is 4.79 Å². The van der Waals surface area contributed by atoms with Gasteiger partial charge in [-0.05, 0) is 51.9 Å². The molecule has 1 amide bonds. The molecule has 0 atom stereocenters. The maximum Gasteiger partial charge on any atom is 0.259 e. The summed E-state index contributed by atoms with van der Waals surface area (Å²) in [6.45, 7) is 7.20. The number of fused-ring (bicyclic) bond motifs is 1. The Kier molecular flexibility index (Phi) is 4.60. The van der Waals surface area contributed by atoms with E-state index in [0.29, 0.717) is 6.54 Å². The summed E-state index contributed by atoms with van der Waals surface area (Å²) in [6.07, 6.45) is 7.57. The van der Waals surface area contributed by atoms with Gasteiger partial charge >= 0.3 is 0 Å². The van der Waals surface area contributed by atoms with Gasteiger partial charge in [0.1, 0.15) is 0 Å². The number of amides is 1. The maximum atomic E-state index is 13.2. The molecule has 1 aliphatic rings. The van der Waals surface area contributed by atoms with Crippen LogP contribution in [0.1, 0.15) is 53.4 Å². The van der Waals surface area contributed by atoms with Gasteiger partial charge in [-0.25, -0.2) is 0 Å². The molecule has 0 fully saturated rings. The molecular weight excluding hydrogens is 344 g/mol. The van der Waals surface area contributed by atoms with Gasteiger partial charge in [-0.15, -0.1) is 0 Å². The smallest absolute Gasteiger partial charge is 0.259 e. The van der Waals surface area contributed by atoms with Gasteiger partial charge in [-0.1, -0.05) is 63.3 Å². The lowest BCUT2D eigenvalue weighted by atomic mass is 9.87. The number of pyridine rings is 1. The first-order valence-electron chi connectivity index (χ1n) is 9.56. The predicted molar refractivity (Wildman–Crippen MR) is 115 cm³/mol. The number of carbonyl (C=O) groups is 1. The monoisotopic (exact) mass is 368 g/mol. The van der Waals surface area contributed by atoms with Gasteiger partial charge in [0.15, 0.2) is 0 Å². The second-order valence-electron chi connectivity index (χ2n) is 8.18. The Morgan fingerprint density at radius 3 is 2.32 bits per heavy atom. The minimum absolute atomic E-state index is 0.0634.